The van der Waals surface area contributed by atoms with Crippen LogP contribution in [0.3, 0.4) is 0 Å². The molecule has 1 N–H and O–H groups in total. The quantitative estimate of drug-likeness (QED) is 0.124. The van der Waals surface area contributed by atoms with Gasteiger partial charge in [0.05, 0.1) is 12.4 Å². The summed E-state index contributed by atoms with van der Waals surface area (Å²) in [6.07, 6.45) is 7.92. The van der Waals surface area contributed by atoms with Crippen LogP contribution in [0.4, 0.5) is 23.0 Å². The average Bonchev–Trinajstić information content (AvgIpc) is 3.10. The smallest absolute Gasteiger partial charge is 0.327 e. The molecule has 11 heteroatoms. The van der Waals surface area contributed by atoms with Crippen molar-refractivity contribution in [3.8, 4) is 28.0 Å². The molecule has 2 aromatic heterocycles. The van der Waals surface area contributed by atoms with Gasteiger partial charge in [0.2, 0.25) is 0 Å². The van der Waals surface area contributed by atoms with Crippen molar-refractivity contribution in [2.45, 2.75) is 99.8 Å². The molecule has 0 saturated carbocycles. The topological polar surface area (TPSA) is 52.0 Å². The molecule has 0 amide bonds. The molecule has 0 bridgehead atoms. The van der Waals surface area contributed by atoms with Crippen LogP contribution in [-0.2, 0) is 33.0 Å². The second kappa shape index (κ2) is 24.2. The van der Waals surface area contributed by atoms with E-state index in [-0.39, 0.29) is 112 Å². The molecule has 0 saturated heterocycles. The number of halogens is 4. The molecule has 0 spiro atoms. The van der Waals surface area contributed by atoms with Crippen LogP contribution in [0.2, 0.25) is 0 Å². The van der Waals surface area contributed by atoms with Gasteiger partial charge in [-0.25, -0.2) is 9.15 Å². The molecule has 5 aromatic rings. The van der Waals surface area contributed by atoms with Gasteiger partial charge in [-0.2, -0.15) is 0 Å². The van der Waals surface area contributed by atoms with E-state index in [1.807, 2.05) is 48.8 Å². The van der Waals surface area contributed by atoms with Crippen molar-refractivity contribution in [2.24, 2.45) is 0 Å². The molecule has 3 aromatic carbocycles. The summed E-state index contributed by atoms with van der Waals surface area (Å²) in [6, 6.07) is 25.2. The number of nitrogens with zero attached hydrogens (tertiary/aromatic N) is 4. The molecule has 0 aliphatic carbocycles. The van der Waals surface area contributed by atoms with E-state index in [0.29, 0.717) is 0 Å². The zero-order valence-corrected chi connectivity index (χ0v) is 38.9. The number of aromatic nitrogens is 2. The Morgan fingerprint density at radius 2 is 0.821 bits per heavy atom. The van der Waals surface area contributed by atoms with Crippen LogP contribution in [0.5, 0.6) is 5.75 Å². The van der Waals surface area contributed by atoms with E-state index in [9.17, 15) is 5.11 Å². The minimum absolute atomic E-state index is 0. The Kier molecular flexibility index (Phi) is 24.0. The summed E-state index contributed by atoms with van der Waals surface area (Å²) in [5.74, 6) is 3.11. The molecule has 5 nitrogen and oxygen atoms in total. The number of aromatic hydroxyl groups is 1. The molecule has 0 atom stereocenters. The molecule has 5 rings (SSSR count). The number of pyridine rings is 2. The molecule has 0 aliphatic rings. The van der Waals surface area contributed by atoms with Crippen molar-refractivity contribution < 1.29 is 87.7 Å². The molecule has 0 fully saturated rings. The summed E-state index contributed by atoms with van der Waals surface area (Å²) in [5.41, 5.74) is 12.8. The molecule has 0 radical (unpaired) electrons. The Balaban J connectivity index is 0. The van der Waals surface area contributed by atoms with Crippen LogP contribution >= 0.6 is 0 Å². The van der Waals surface area contributed by atoms with E-state index in [1.54, 1.807) is 0 Å². The number of hydrogen-bond acceptors (Lipinski definition) is 3. The number of benzene rings is 3. The predicted molar refractivity (Wildman–Crippen MR) is 215 cm³/mol. The second-order valence-electron chi connectivity index (χ2n) is 14.4. The maximum absolute atomic E-state index is 11.4. The Hall–Kier alpha value is -2.75. The van der Waals surface area contributed by atoms with Gasteiger partial charge in [0.25, 0.3) is 0 Å². The van der Waals surface area contributed by atoms with E-state index in [1.165, 1.54) is 33.6 Å². The van der Waals surface area contributed by atoms with Crippen molar-refractivity contribution >= 4 is 35.4 Å². The first kappa shape index (κ1) is 55.3. The fourth-order valence-electron chi connectivity index (χ4n) is 7.03. The molecule has 310 valence electrons. The number of phenolic OH excluding ortho intramolecular Hbond substituents is 1. The monoisotopic (exact) mass is 922 g/mol. The average molecular weight is 926 g/mol. The zero-order chi connectivity index (χ0) is 36.3. The third-order valence-corrected chi connectivity index (χ3v) is 9.63. The minimum atomic E-state index is 0. The summed E-state index contributed by atoms with van der Waals surface area (Å²) in [7, 11) is 0. The van der Waals surface area contributed by atoms with E-state index in [4.69, 9.17) is 9.97 Å². The number of phenols is 1. The zero-order valence-electron chi connectivity index (χ0n) is 33.9. The number of rotatable bonds is 10. The van der Waals surface area contributed by atoms with Crippen molar-refractivity contribution in [3.63, 3.8) is 0 Å². The van der Waals surface area contributed by atoms with Gasteiger partial charge in [0.1, 0.15) is 29.5 Å². The Morgan fingerprint density at radius 1 is 0.518 bits per heavy atom. The largest absolute Gasteiger partial charge is 1.00 e. The first-order chi connectivity index (χ1) is 23.9. The summed E-state index contributed by atoms with van der Waals surface area (Å²) in [4.78, 5) is 9.42. The van der Waals surface area contributed by atoms with Crippen LogP contribution in [0.25, 0.3) is 22.3 Å². The minimum Gasteiger partial charge on any atom is -1.00 e. The van der Waals surface area contributed by atoms with Gasteiger partial charge in [-0.05, 0) is 131 Å². The van der Waals surface area contributed by atoms with Crippen molar-refractivity contribution in [3.05, 3.63) is 113 Å². The van der Waals surface area contributed by atoms with Crippen LogP contribution < -0.4 is 58.8 Å². The van der Waals surface area contributed by atoms with Crippen molar-refractivity contribution in [1.29, 1.82) is 0 Å². The summed E-state index contributed by atoms with van der Waals surface area (Å²) in [6.45, 7) is 24.4. The van der Waals surface area contributed by atoms with Gasteiger partial charge in [0, 0.05) is 67.4 Å². The third kappa shape index (κ3) is 11.7. The van der Waals surface area contributed by atoms with E-state index >= 15 is 0 Å². The second-order valence-corrected chi connectivity index (χ2v) is 14.4. The van der Waals surface area contributed by atoms with Gasteiger partial charge in [0.15, 0.2) is 0 Å². The normalized spacial score (nSPS) is 11.2. The van der Waals surface area contributed by atoms with E-state index < -0.39 is 0 Å². The molecular formula is C45H54Cl4N4Ni2O-2. The van der Waals surface area contributed by atoms with Gasteiger partial charge < -0.3 is 54.7 Å². The summed E-state index contributed by atoms with van der Waals surface area (Å²) < 4.78 is 4.44. The molecule has 2 heterocycles. The third-order valence-electron chi connectivity index (χ3n) is 9.63. The van der Waals surface area contributed by atoms with Gasteiger partial charge >= 0.3 is 11.6 Å². The fourth-order valence-corrected chi connectivity index (χ4v) is 7.03. The first-order valence-electron chi connectivity index (χ1n) is 18.1. The van der Waals surface area contributed by atoms with Gasteiger partial charge in [-0.1, -0.05) is 67.5 Å². The summed E-state index contributed by atoms with van der Waals surface area (Å²) >= 11 is 0. The standard InChI is InChI=1S/C45H53N4O.4ClH.2Ni/c1-12-48(42-18-14-16-20-46-42)44-36(28(3)4)22-33(23-37(44)29(5)6)40-26-35(50)27-41(32(40)11)34-24-38(30(7)8)45(39(25-34)31(9)10)49(13-2)43-19-15-17-21-47-43;;;;;;/h12-31H,1-11H3;4*1H;;/q+1;;;;;;/p-3. The Labute approximate surface area is 380 Å². The number of hydrogen-bond donors (Lipinski definition) is 1. The van der Waals surface area contributed by atoms with Crippen LogP contribution in [-0.4, -0.2) is 27.5 Å². The summed E-state index contributed by atoms with van der Waals surface area (Å²) in [5, 5.41) is 11.4. The van der Waals surface area contributed by atoms with Gasteiger partial charge in [-0.3, -0.25) is 0 Å². The maximum atomic E-state index is 11.4. The molecule has 0 aliphatic heterocycles. The Morgan fingerprint density at radius 3 is 1.05 bits per heavy atom. The first-order valence-corrected chi connectivity index (χ1v) is 18.1. The van der Waals surface area contributed by atoms with Gasteiger partial charge in [-0.15, -0.1) is 0 Å². The maximum Gasteiger partial charge on any atom is 0.327 e. The van der Waals surface area contributed by atoms with Crippen LogP contribution in [0.15, 0.2) is 85.2 Å². The van der Waals surface area contributed by atoms with E-state index in [2.05, 4.69) is 134 Å². The van der Waals surface area contributed by atoms with Crippen LogP contribution in [0.1, 0.15) is 121 Å². The van der Waals surface area contributed by atoms with Crippen LogP contribution in [0, 0.1) is 6.92 Å². The molecule has 0 unspecified atom stereocenters. The predicted octanol–water partition coefficient (Wildman–Crippen LogP) is 0.180. The Bertz CT molecular complexity index is 1870. The van der Waals surface area contributed by atoms with E-state index in [0.717, 1.165) is 39.5 Å². The molecule has 56 heavy (non-hydrogen) atoms. The SMILES string of the molecule is CC=[N+](c1ccccn1)c1c(C(C)C)cc(-c2cc(O)cc(-c3cc(C(C)C)c([N+](=CC)c4ccccn4)c(C(C)C)c3)c2C)cc1C(C)C.[Cl-].[Cl-].[Cl-].[Cl-].[Ni].[Ni]. The molecular weight excluding hydrogens is 872 g/mol. The van der Waals surface area contributed by atoms with Crippen molar-refractivity contribution in [2.75, 3.05) is 0 Å². The fraction of sp³-hybridized carbons (Fsp3) is 0.333. The van der Waals surface area contributed by atoms with Crippen molar-refractivity contribution in [1.82, 2.24) is 19.1 Å².